The lowest BCUT2D eigenvalue weighted by Gasteiger charge is -2.31. The van der Waals surface area contributed by atoms with Crippen LogP contribution in [0.3, 0.4) is 0 Å². The molecule has 0 amide bonds. The Hall–Kier alpha value is -0.650. The molecule has 1 aliphatic rings. The van der Waals surface area contributed by atoms with E-state index in [0.717, 1.165) is 38.9 Å². The fraction of sp³-hybridized carbons (Fsp3) is 0.929. The molecule has 5 nitrogen and oxygen atoms in total. The average molecular weight is 272 g/mol. The predicted molar refractivity (Wildman–Crippen MR) is 75.2 cm³/mol. The Morgan fingerprint density at radius 2 is 2.11 bits per heavy atom. The van der Waals surface area contributed by atoms with Gasteiger partial charge in [-0.05, 0) is 39.3 Å². The molecular formula is C14H28N2O3. The summed E-state index contributed by atoms with van der Waals surface area (Å²) in [4.78, 5) is 14.7. The van der Waals surface area contributed by atoms with Crippen molar-refractivity contribution in [3.63, 3.8) is 0 Å². The van der Waals surface area contributed by atoms with Crippen molar-refractivity contribution in [1.82, 2.24) is 10.2 Å². The lowest BCUT2D eigenvalue weighted by Crippen LogP contribution is -2.54. The van der Waals surface area contributed by atoms with Gasteiger partial charge < -0.3 is 14.4 Å². The first-order valence-electron chi connectivity index (χ1n) is 7.32. The maximum atomic E-state index is 12.3. The van der Waals surface area contributed by atoms with E-state index in [1.807, 2.05) is 6.92 Å². The van der Waals surface area contributed by atoms with Crippen molar-refractivity contribution in [3.05, 3.63) is 0 Å². The summed E-state index contributed by atoms with van der Waals surface area (Å²) >= 11 is 0. The summed E-state index contributed by atoms with van der Waals surface area (Å²) in [7, 11) is 1.67. The van der Waals surface area contributed by atoms with Gasteiger partial charge in [-0.1, -0.05) is 6.92 Å². The third-order valence-corrected chi connectivity index (χ3v) is 3.82. The Kier molecular flexibility index (Phi) is 7.34. The molecule has 1 rings (SSSR count). The lowest BCUT2D eigenvalue weighted by atomic mass is 9.90. The van der Waals surface area contributed by atoms with Crippen molar-refractivity contribution in [2.75, 3.05) is 46.5 Å². The summed E-state index contributed by atoms with van der Waals surface area (Å²) < 4.78 is 10.3. The smallest absolute Gasteiger partial charge is 0.326 e. The number of carbonyl (C=O) groups is 1. The molecule has 112 valence electrons. The minimum absolute atomic E-state index is 0.107. The highest BCUT2D eigenvalue weighted by atomic mass is 16.5. The predicted octanol–water partition coefficient (Wildman–Crippen LogP) is 1.03. The molecule has 0 aromatic carbocycles. The standard InChI is InChI=1S/C14H28N2O3/c1-4-16-10-6-7-14(8-11-16,13(17)19-5-2)15-9-12-18-3/h15H,4-12H2,1-3H3. The molecule has 0 aromatic rings. The normalized spacial score (nSPS) is 25.0. The number of hydrogen-bond donors (Lipinski definition) is 1. The quantitative estimate of drug-likeness (QED) is 0.554. The molecule has 19 heavy (non-hydrogen) atoms. The molecule has 1 N–H and O–H groups in total. The average Bonchev–Trinajstić information content (AvgIpc) is 2.63. The van der Waals surface area contributed by atoms with Crippen molar-refractivity contribution in [3.8, 4) is 0 Å². The molecule has 1 atom stereocenters. The molecule has 1 heterocycles. The van der Waals surface area contributed by atoms with Gasteiger partial charge in [0.2, 0.25) is 0 Å². The molecule has 0 radical (unpaired) electrons. The van der Waals surface area contributed by atoms with Crippen LogP contribution in [0.1, 0.15) is 33.1 Å². The van der Waals surface area contributed by atoms with Gasteiger partial charge in [-0.25, -0.2) is 0 Å². The van der Waals surface area contributed by atoms with Crippen LogP contribution in [-0.2, 0) is 14.3 Å². The number of rotatable bonds is 7. The van der Waals surface area contributed by atoms with Crippen LogP contribution in [0.4, 0.5) is 0 Å². The molecule has 1 aliphatic heterocycles. The highest BCUT2D eigenvalue weighted by molar-refractivity contribution is 5.81. The third kappa shape index (κ3) is 4.75. The highest BCUT2D eigenvalue weighted by Crippen LogP contribution is 2.24. The van der Waals surface area contributed by atoms with E-state index in [-0.39, 0.29) is 5.97 Å². The molecule has 1 fully saturated rings. The Labute approximate surface area is 116 Å². The summed E-state index contributed by atoms with van der Waals surface area (Å²) in [6, 6.07) is 0. The minimum atomic E-state index is -0.529. The van der Waals surface area contributed by atoms with Crippen molar-refractivity contribution < 1.29 is 14.3 Å². The maximum Gasteiger partial charge on any atom is 0.326 e. The first-order chi connectivity index (χ1) is 9.18. The molecule has 5 heteroatoms. The Bertz CT molecular complexity index is 273. The third-order valence-electron chi connectivity index (χ3n) is 3.82. The van der Waals surface area contributed by atoms with Crippen molar-refractivity contribution >= 4 is 5.97 Å². The fourth-order valence-electron chi connectivity index (χ4n) is 2.62. The number of likely N-dealkylation sites (tertiary alicyclic amines) is 1. The zero-order chi connectivity index (χ0) is 14.1. The second-order valence-corrected chi connectivity index (χ2v) is 5.01. The van der Waals surface area contributed by atoms with Crippen LogP contribution in [0.5, 0.6) is 0 Å². The van der Waals surface area contributed by atoms with Crippen LogP contribution < -0.4 is 5.32 Å². The largest absolute Gasteiger partial charge is 0.465 e. The zero-order valence-electron chi connectivity index (χ0n) is 12.5. The van der Waals surface area contributed by atoms with Gasteiger partial charge >= 0.3 is 5.97 Å². The Balaban J connectivity index is 2.70. The van der Waals surface area contributed by atoms with Crippen LogP contribution in [0.25, 0.3) is 0 Å². The van der Waals surface area contributed by atoms with Crippen LogP contribution >= 0.6 is 0 Å². The fourth-order valence-corrected chi connectivity index (χ4v) is 2.62. The molecule has 0 bridgehead atoms. The van der Waals surface area contributed by atoms with E-state index in [9.17, 15) is 4.79 Å². The van der Waals surface area contributed by atoms with Crippen LogP contribution in [-0.4, -0.2) is 62.9 Å². The van der Waals surface area contributed by atoms with Gasteiger partial charge in [0, 0.05) is 20.2 Å². The summed E-state index contributed by atoms with van der Waals surface area (Å²) in [5, 5.41) is 3.38. The highest BCUT2D eigenvalue weighted by Gasteiger charge is 2.40. The number of methoxy groups -OCH3 is 1. The number of carbonyl (C=O) groups excluding carboxylic acids is 1. The van der Waals surface area contributed by atoms with E-state index in [0.29, 0.717) is 19.8 Å². The number of nitrogens with zero attached hydrogens (tertiary/aromatic N) is 1. The van der Waals surface area contributed by atoms with Gasteiger partial charge in [0.25, 0.3) is 0 Å². The van der Waals surface area contributed by atoms with E-state index < -0.39 is 5.54 Å². The SMILES string of the molecule is CCOC(=O)C1(NCCOC)CCCN(CC)CC1. The van der Waals surface area contributed by atoms with Crippen molar-refractivity contribution in [2.24, 2.45) is 0 Å². The molecule has 0 saturated carbocycles. The van der Waals surface area contributed by atoms with Crippen LogP contribution in [0.2, 0.25) is 0 Å². The van der Waals surface area contributed by atoms with Crippen LogP contribution in [0.15, 0.2) is 0 Å². The van der Waals surface area contributed by atoms with E-state index in [1.165, 1.54) is 0 Å². The number of ether oxygens (including phenoxy) is 2. The molecule has 0 spiro atoms. The maximum absolute atomic E-state index is 12.3. The number of hydrogen-bond acceptors (Lipinski definition) is 5. The first kappa shape index (κ1) is 16.4. The van der Waals surface area contributed by atoms with Gasteiger partial charge in [-0.2, -0.15) is 0 Å². The summed E-state index contributed by atoms with van der Waals surface area (Å²) in [6.45, 7) is 8.78. The summed E-state index contributed by atoms with van der Waals surface area (Å²) in [6.07, 6.45) is 2.67. The molecular weight excluding hydrogens is 244 g/mol. The van der Waals surface area contributed by atoms with Crippen LogP contribution in [0, 0.1) is 0 Å². The zero-order valence-corrected chi connectivity index (χ0v) is 12.5. The molecule has 0 aromatic heterocycles. The topological polar surface area (TPSA) is 50.8 Å². The van der Waals surface area contributed by atoms with Gasteiger partial charge in [0.1, 0.15) is 5.54 Å². The Morgan fingerprint density at radius 1 is 1.32 bits per heavy atom. The second kappa shape index (κ2) is 8.51. The number of nitrogens with one attached hydrogen (secondary N) is 1. The first-order valence-corrected chi connectivity index (χ1v) is 7.32. The summed E-state index contributed by atoms with van der Waals surface area (Å²) in [5.74, 6) is -0.107. The van der Waals surface area contributed by atoms with Gasteiger partial charge in [-0.15, -0.1) is 0 Å². The van der Waals surface area contributed by atoms with E-state index in [4.69, 9.17) is 9.47 Å². The van der Waals surface area contributed by atoms with E-state index >= 15 is 0 Å². The lowest BCUT2D eigenvalue weighted by molar-refractivity contribution is -0.152. The van der Waals surface area contributed by atoms with Gasteiger partial charge in [-0.3, -0.25) is 10.1 Å². The van der Waals surface area contributed by atoms with Crippen molar-refractivity contribution in [2.45, 2.75) is 38.6 Å². The molecule has 0 aliphatic carbocycles. The molecule has 1 unspecified atom stereocenters. The summed E-state index contributed by atoms with van der Waals surface area (Å²) in [5.41, 5.74) is -0.529. The van der Waals surface area contributed by atoms with E-state index in [2.05, 4.69) is 17.1 Å². The second-order valence-electron chi connectivity index (χ2n) is 5.01. The monoisotopic (exact) mass is 272 g/mol. The molecule has 1 saturated heterocycles. The van der Waals surface area contributed by atoms with E-state index in [1.54, 1.807) is 7.11 Å². The Morgan fingerprint density at radius 3 is 2.74 bits per heavy atom. The van der Waals surface area contributed by atoms with Gasteiger partial charge in [0.05, 0.1) is 13.2 Å². The minimum Gasteiger partial charge on any atom is -0.465 e. The number of esters is 1. The van der Waals surface area contributed by atoms with Crippen molar-refractivity contribution in [1.29, 1.82) is 0 Å². The van der Waals surface area contributed by atoms with Gasteiger partial charge in [0.15, 0.2) is 0 Å².